The van der Waals surface area contributed by atoms with Gasteiger partial charge in [-0.25, -0.2) is 0 Å². The van der Waals surface area contributed by atoms with Crippen LogP contribution in [0.15, 0.2) is 29.1 Å². The zero-order valence-electron chi connectivity index (χ0n) is 13.2. The molecule has 122 valence electrons. The molecule has 1 aromatic carbocycles. The van der Waals surface area contributed by atoms with Gasteiger partial charge in [-0.2, -0.15) is 0 Å². The minimum Gasteiger partial charge on any atom is -0.550 e. The Morgan fingerprint density at radius 1 is 1.17 bits per heavy atom. The second-order valence-electron chi connectivity index (χ2n) is 6.40. The highest BCUT2D eigenvalue weighted by Gasteiger charge is 2.16. The molecule has 5 nitrogen and oxygen atoms in total. The van der Waals surface area contributed by atoms with Gasteiger partial charge in [-0.1, -0.05) is 6.07 Å². The maximum Gasteiger partial charge on any atom is 0.257 e. The van der Waals surface area contributed by atoms with E-state index < -0.39 is 5.97 Å². The van der Waals surface area contributed by atoms with Gasteiger partial charge in [0, 0.05) is 11.5 Å². The number of carbonyl (C=O) groups is 1. The number of pyridine rings is 1. The first-order valence-electron chi connectivity index (χ1n) is 8.30. The van der Waals surface area contributed by atoms with Crippen LogP contribution in [-0.2, 0) is 17.8 Å². The van der Waals surface area contributed by atoms with Gasteiger partial charge >= 0.3 is 0 Å². The van der Waals surface area contributed by atoms with Gasteiger partial charge in [-0.3, -0.25) is 4.79 Å². The monoisotopic (exact) mass is 314 g/mol. The number of likely N-dealkylation sites (tertiary alicyclic amines) is 1. The van der Waals surface area contributed by atoms with E-state index in [1.165, 1.54) is 24.2 Å². The fraction of sp³-hybridized carbons (Fsp3) is 0.444. The summed E-state index contributed by atoms with van der Waals surface area (Å²) in [6.07, 6.45) is 4.21. The second kappa shape index (κ2) is 6.96. The molecule has 0 spiro atoms. The zero-order chi connectivity index (χ0) is 16.2. The first kappa shape index (κ1) is 15.7. The number of aryl methyl sites for hydroxylation is 1. The summed E-state index contributed by atoms with van der Waals surface area (Å²) in [4.78, 5) is 27.3. The predicted octanol–water partition coefficient (Wildman–Crippen LogP) is -0.221. The molecule has 2 aromatic rings. The number of H-pyrrole nitrogens is 1. The Morgan fingerprint density at radius 2 is 1.96 bits per heavy atom. The highest BCUT2D eigenvalue weighted by Crippen LogP contribution is 2.15. The molecule has 5 heteroatoms. The van der Waals surface area contributed by atoms with Gasteiger partial charge in [0.05, 0.1) is 18.7 Å². The second-order valence-corrected chi connectivity index (χ2v) is 6.40. The van der Waals surface area contributed by atoms with Crippen LogP contribution in [0, 0.1) is 0 Å². The molecule has 0 radical (unpaired) electrons. The van der Waals surface area contributed by atoms with E-state index in [0.717, 1.165) is 41.7 Å². The molecule has 1 saturated heterocycles. The Bertz CT molecular complexity index is 760. The number of nitrogens with one attached hydrogen (secondary N) is 2. The number of aromatic nitrogens is 1. The predicted molar refractivity (Wildman–Crippen MR) is 86.1 cm³/mol. The average molecular weight is 314 g/mol. The smallest absolute Gasteiger partial charge is 0.257 e. The minimum absolute atomic E-state index is 0.0135. The lowest BCUT2D eigenvalue weighted by Crippen LogP contribution is -3.11. The number of carboxylic acids is 1. The van der Waals surface area contributed by atoms with Crippen LogP contribution in [0.3, 0.4) is 0 Å². The summed E-state index contributed by atoms with van der Waals surface area (Å²) in [6.45, 7) is 3.01. The van der Waals surface area contributed by atoms with Crippen molar-refractivity contribution in [2.24, 2.45) is 0 Å². The van der Waals surface area contributed by atoms with Gasteiger partial charge in [-0.15, -0.1) is 0 Å². The van der Waals surface area contributed by atoms with E-state index in [9.17, 15) is 14.7 Å². The van der Waals surface area contributed by atoms with Gasteiger partial charge in [0.2, 0.25) is 0 Å². The van der Waals surface area contributed by atoms with Crippen LogP contribution in [-0.4, -0.2) is 24.0 Å². The van der Waals surface area contributed by atoms with E-state index in [-0.39, 0.29) is 12.0 Å². The number of hydrogen-bond acceptors (Lipinski definition) is 3. The quantitative estimate of drug-likeness (QED) is 0.801. The fourth-order valence-electron chi connectivity index (χ4n) is 3.33. The van der Waals surface area contributed by atoms with E-state index >= 15 is 0 Å². The molecule has 2 heterocycles. The topological polar surface area (TPSA) is 77.4 Å². The van der Waals surface area contributed by atoms with E-state index in [1.807, 2.05) is 24.3 Å². The van der Waals surface area contributed by atoms with Crippen molar-refractivity contribution in [2.45, 2.75) is 38.6 Å². The number of hydrogen-bond donors (Lipinski definition) is 2. The number of aromatic amines is 1. The summed E-state index contributed by atoms with van der Waals surface area (Å²) < 4.78 is 0. The largest absolute Gasteiger partial charge is 0.550 e. The molecule has 0 unspecified atom stereocenters. The summed E-state index contributed by atoms with van der Waals surface area (Å²) in [5.74, 6) is -1.04. The van der Waals surface area contributed by atoms with Crippen LogP contribution >= 0.6 is 0 Å². The highest BCUT2D eigenvalue weighted by atomic mass is 16.4. The maximum absolute atomic E-state index is 12.3. The first-order valence-corrected chi connectivity index (χ1v) is 8.30. The highest BCUT2D eigenvalue weighted by molar-refractivity contribution is 5.79. The van der Waals surface area contributed by atoms with E-state index in [2.05, 4.69) is 4.98 Å². The third-order valence-electron chi connectivity index (χ3n) is 4.60. The third kappa shape index (κ3) is 3.99. The van der Waals surface area contributed by atoms with Gasteiger partial charge in [0.15, 0.2) is 0 Å². The SMILES string of the molecule is O=C([O-])CCc1ccc2[nH]c(=O)c(C[NH+]3CCCCC3)cc2c1. The van der Waals surface area contributed by atoms with Crippen LogP contribution in [0.5, 0.6) is 0 Å². The Morgan fingerprint density at radius 3 is 2.70 bits per heavy atom. The molecule has 1 aromatic heterocycles. The molecule has 0 saturated carbocycles. The van der Waals surface area contributed by atoms with Crippen LogP contribution in [0.1, 0.15) is 36.8 Å². The number of benzene rings is 1. The van der Waals surface area contributed by atoms with Crippen molar-refractivity contribution in [2.75, 3.05) is 13.1 Å². The molecule has 23 heavy (non-hydrogen) atoms. The van der Waals surface area contributed by atoms with Crippen molar-refractivity contribution in [1.82, 2.24) is 4.98 Å². The number of fused-ring (bicyclic) bond motifs is 1. The van der Waals surface area contributed by atoms with Crippen molar-refractivity contribution >= 4 is 16.9 Å². The molecule has 3 rings (SSSR count). The lowest BCUT2D eigenvalue weighted by Gasteiger charge is -2.23. The molecule has 0 amide bonds. The van der Waals surface area contributed by atoms with Gasteiger partial charge in [0.1, 0.15) is 6.54 Å². The lowest BCUT2D eigenvalue weighted by atomic mass is 10.0. The number of piperidine rings is 1. The third-order valence-corrected chi connectivity index (χ3v) is 4.60. The summed E-state index contributed by atoms with van der Waals surface area (Å²) >= 11 is 0. The van der Waals surface area contributed by atoms with E-state index in [1.54, 1.807) is 0 Å². The van der Waals surface area contributed by atoms with E-state index in [0.29, 0.717) is 6.42 Å². The van der Waals surface area contributed by atoms with Crippen molar-refractivity contribution in [3.63, 3.8) is 0 Å². The van der Waals surface area contributed by atoms with Crippen molar-refractivity contribution < 1.29 is 14.8 Å². The normalized spacial score (nSPS) is 15.8. The summed E-state index contributed by atoms with van der Waals surface area (Å²) in [5, 5.41) is 11.6. The van der Waals surface area contributed by atoms with Gasteiger partial charge in [0.25, 0.3) is 5.56 Å². The molecule has 0 bridgehead atoms. The number of quaternary nitrogens is 1. The maximum atomic E-state index is 12.3. The minimum atomic E-state index is -1.04. The summed E-state index contributed by atoms with van der Waals surface area (Å²) in [6, 6.07) is 7.62. The number of rotatable bonds is 5. The van der Waals surface area contributed by atoms with Gasteiger partial charge in [-0.05, 0) is 61.3 Å². The van der Waals surface area contributed by atoms with Crippen molar-refractivity contribution in [3.8, 4) is 0 Å². The summed E-state index contributed by atoms with van der Waals surface area (Å²) in [5.41, 5.74) is 2.54. The molecular weight excluding hydrogens is 292 g/mol. The fourth-order valence-corrected chi connectivity index (χ4v) is 3.33. The average Bonchev–Trinajstić information content (AvgIpc) is 2.54. The Balaban J connectivity index is 1.84. The molecule has 1 aliphatic heterocycles. The van der Waals surface area contributed by atoms with Crippen LogP contribution in [0.2, 0.25) is 0 Å². The molecular formula is C18H22N2O3. The molecule has 1 fully saturated rings. The lowest BCUT2D eigenvalue weighted by molar-refractivity contribution is -0.918. The van der Waals surface area contributed by atoms with Gasteiger partial charge < -0.3 is 19.8 Å². The molecule has 2 N–H and O–H groups in total. The first-order chi connectivity index (χ1) is 11.1. The standard InChI is InChI=1S/C18H22N2O3/c21-17(22)7-5-13-4-6-16-14(10-13)11-15(18(23)19-16)12-20-8-2-1-3-9-20/h4,6,10-11H,1-3,5,7-9,12H2,(H,19,23)(H,21,22). The zero-order valence-corrected chi connectivity index (χ0v) is 13.2. The molecule has 0 aliphatic carbocycles. The van der Waals surface area contributed by atoms with Crippen LogP contribution < -0.4 is 15.6 Å². The Labute approximate surface area is 134 Å². The summed E-state index contributed by atoms with van der Waals surface area (Å²) in [7, 11) is 0. The number of carboxylic acid groups (broad SMARTS) is 1. The molecule has 0 atom stereocenters. The number of aliphatic carboxylic acids is 1. The van der Waals surface area contributed by atoms with Crippen molar-refractivity contribution in [1.29, 1.82) is 0 Å². The van der Waals surface area contributed by atoms with Crippen molar-refractivity contribution in [3.05, 3.63) is 45.7 Å². The van der Waals surface area contributed by atoms with Crippen LogP contribution in [0.4, 0.5) is 0 Å². The molecule has 1 aliphatic rings. The van der Waals surface area contributed by atoms with Crippen LogP contribution in [0.25, 0.3) is 10.9 Å². The Kier molecular flexibility index (Phi) is 4.76. The number of carbonyl (C=O) groups excluding carboxylic acids is 1. The Hall–Kier alpha value is -2.14. The van der Waals surface area contributed by atoms with E-state index in [4.69, 9.17) is 0 Å².